The van der Waals surface area contributed by atoms with Crippen LogP contribution in [0.4, 0.5) is 5.69 Å². The van der Waals surface area contributed by atoms with E-state index in [2.05, 4.69) is 14.7 Å². The normalized spacial score (nSPS) is 12.5. The number of thioether (sulfide) groups is 2. The number of rotatable bonds is 5. The first kappa shape index (κ1) is 18.9. The van der Waals surface area contributed by atoms with Crippen molar-refractivity contribution in [2.24, 2.45) is 0 Å². The van der Waals surface area contributed by atoms with Gasteiger partial charge in [0.25, 0.3) is 0 Å². The third kappa shape index (κ3) is 3.48. The van der Waals surface area contributed by atoms with Crippen LogP contribution in [0.2, 0.25) is 0 Å². The number of nitrogens with one attached hydrogen (secondary N) is 1. The van der Waals surface area contributed by atoms with Gasteiger partial charge < -0.3 is 5.32 Å². The Kier molecular flexibility index (Phi) is 5.29. The molecule has 0 aliphatic heterocycles. The molecule has 0 unspecified atom stereocenters. The highest BCUT2D eigenvalue weighted by Crippen LogP contribution is 2.32. The van der Waals surface area contributed by atoms with Gasteiger partial charge in [0.05, 0.1) is 17.0 Å². The fraction of sp³-hybridized carbons (Fsp3) is 0.105. The Balaban J connectivity index is 1.56. The van der Waals surface area contributed by atoms with Gasteiger partial charge in [0.2, 0.25) is 11.1 Å². The lowest BCUT2D eigenvalue weighted by atomic mass is 9.83. The van der Waals surface area contributed by atoms with Crippen LogP contribution in [0.1, 0.15) is 31.8 Å². The lowest BCUT2D eigenvalue weighted by molar-refractivity contribution is -0.113. The number of carbonyl (C=O) groups excluding carboxylic acids is 3. The van der Waals surface area contributed by atoms with Crippen LogP contribution in [-0.4, -0.2) is 38.8 Å². The maximum Gasteiger partial charge on any atom is 0.234 e. The number of carbonyl (C=O) groups is 3. The predicted octanol–water partition coefficient (Wildman–Crippen LogP) is 3.77. The zero-order valence-electron chi connectivity index (χ0n) is 14.6. The van der Waals surface area contributed by atoms with Crippen molar-refractivity contribution in [1.82, 2.24) is 9.36 Å². The topological polar surface area (TPSA) is 89.0 Å². The summed E-state index contributed by atoms with van der Waals surface area (Å²) in [4.78, 5) is 42.4. The van der Waals surface area contributed by atoms with Crippen LogP contribution in [0.15, 0.2) is 52.0 Å². The highest BCUT2D eigenvalue weighted by atomic mass is 32.2. The summed E-state index contributed by atoms with van der Waals surface area (Å²) >= 11 is 3.96. The number of hydrogen-bond acceptors (Lipinski definition) is 8. The predicted molar refractivity (Wildman–Crippen MR) is 111 cm³/mol. The first-order chi connectivity index (χ1) is 13.6. The van der Waals surface area contributed by atoms with Crippen LogP contribution in [-0.2, 0) is 4.79 Å². The molecule has 2 aromatic carbocycles. The molecule has 0 bridgehead atoms. The number of amides is 1. The molecule has 4 rings (SSSR count). The Bertz CT molecular complexity index is 1110. The van der Waals surface area contributed by atoms with Gasteiger partial charge in [-0.25, -0.2) is 4.98 Å². The number of nitrogens with zero attached hydrogens (tertiary/aromatic N) is 2. The molecule has 0 saturated carbocycles. The minimum absolute atomic E-state index is 0.130. The minimum Gasteiger partial charge on any atom is -0.325 e. The van der Waals surface area contributed by atoms with Crippen LogP contribution in [0.5, 0.6) is 0 Å². The average molecular weight is 428 g/mol. The van der Waals surface area contributed by atoms with Crippen LogP contribution in [0.25, 0.3) is 0 Å². The van der Waals surface area contributed by atoms with Crippen LogP contribution in [0.3, 0.4) is 0 Å². The van der Waals surface area contributed by atoms with Gasteiger partial charge in [0.15, 0.2) is 15.9 Å². The maximum absolute atomic E-state index is 12.9. The third-order valence-electron chi connectivity index (χ3n) is 4.12. The maximum atomic E-state index is 12.9. The van der Waals surface area contributed by atoms with E-state index < -0.39 is 0 Å². The SMILES string of the molecule is CSc1nsc(SCC(=O)Nc2cccc3c2C(=O)c2ccccc2C3=O)n1. The molecule has 9 heteroatoms. The highest BCUT2D eigenvalue weighted by molar-refractivity contribution is 8.01. The van der Waals surface area contributed by atoms with Crippen molar-refractivity contribution in [3.05, 3.63) is 64.7 Å². The van der Waals surface area contributed by atoms with Gasteiger partial charge >= 0.3 is 0 Å². The summed E-state index contributed by atoms with van der Waals surface area (Å²) in [5.41, 5.74) is 1.64. The Morgan fingerprint density at radius 2 is 1.75 bits per heavy atom. The molecule has 1 aliphatic carbocycles. The van der Waals surface area contributed by atoms with Gasteiger partial charge in [0, 0.05) is 16.7 Å². The number of fused-ring (bicyclic) bond motifs is 2. The quantitative estimate of drug-likeness (QED) is 0.485. The van der Waals surface area contributed by atoms with Crippen molar-refractivity contribution in [3.63, 3.8) is 0 Å². The third-order valence-corrected chi connectivity index (χ3v) is 6.62. The van der Waals surface area contributed by atoms with Crippen molar-refractivity contribution in [1.29, 1.82) is 0 Å². The van der Waals surface area contributed by atoms with E-state index >= 15 is 0 Å². The van der Waals surface area contributed by atoms with Crippen molar-refractivity contribution < 1.29 is 14.4 Å². The number of ketones is 2. The van der Waals surface area contributed by atoms with E-state index in [1.807, 2.05) is 6.26 Å². The number of anilines is 1. The van der Waals surface area contributed by atoms with Gasteiger partial charge in [-0.3, -0.25) is 14.4 Å². The summed E-state index contributed by atoms with van der Waals surface area (Å²) in [5.74, 6) is -0.624. The second-order valence-electron chi connectivity index (χ2n) is 5.82. The molecule has 0 atom stereocenters. The smallest absolute Gasteiger partial charge is 0.234 e. The van der Waals surface area contributed by atoms with Crippen LogP contribution in [0, 0.1) is 0 Å². The molecule has 1 amide bonds. The molecule has 0 saturated heterocycles. The fourth-order valence-electron chi connectivity index (χ4n) is 2.90. The van der Waals surface area contributed by atoms with E-state index in [9.17, 15) is 14.4 Å². The van der Waals surface area contributed by atoms with Crippen molar-refractivity contribution >= 4 is 58.2 Å². The first-order valence-corrected chi connectivity index (χ1v) is 11.2. The minimum atomic E-state index is -0.279. The van der Waals surface area contributed by atoms with E-state index in [0.29, 0.717) is 31.9 Å². The van der Waals surface area contributed by atoms with E-state index in [0.717, 1.165) is 0 Å². The van der Waals surface area contributed by atoms with E-state index in [1.54, 1.807) is 42.5 Å². The molecule has 0 radical (unpaired) electrons. The number of aromatic nitrogens is 2. The van der Waals surface area contributed by atoms with Gasteiger partial charge in [-0.2, -0.15) is 4.37 Å². The molecule has 6 nitrogen and oxygen atoms in total. The molecule has 28 heavy (non-hydrogen) atoms. The zero-order chi connectivity index (χ0) is 19.7. The molecule has 0 spiro atoms. The summed E-state index contributed by atoms with van der Waals surface area (Å²) in [6, 6.07) is 11.6. The van der Waals surface area contributed by atoms with Crippen LogP contribution >= 0.6 is 35.1 Å². The molecular formula is C19H13N3O3S3. The Hall–Kier alpha value is -2.49. The van der Waals surface area contributed by atoms with Gasteiger partial charge in [-0.1, -0.05) is 59.9 Å². The Morgan fingerprint density at radius 3 is 2.46 bits per heavy atom. The highest BCUT2D eigenvalue weighted by Gasteiger charge is 2.31. The summed E-state index contributed by atoms with van der Waals surface area (Å²) in [7, 11) is 0. The van der Waals surface area contributed by atoms with Gasteiger partial charge in [-0.05, 0) is 23.9 Å². The van der Waals surface area contributed by atoms with Crippen molar-refractivity contribution in [2.45, 2.75) is 9.50 Å². The van der Waals surface area contributed by atoms with Crippen LogP contribution < -0.4 is 5.32 Å². The Morgan fingerprint density at radius 1 is 1.04 bits per heavy atom. The van der Waals surface area contributed by atoms with Crippen molar-refractivity contribution in [2.75, 3.05) is 17.3 Å². The molecule has 0 fully saturated rings. The first-order valence-electron chi connectivity index (χ1n) is 8.20. The molecular weight excluding hydrogens is 414 g/mol. The van der Waals surface area contributed by atoms with Gasteiger partial charge in [-0.15, -0.1) is 0 Å². The molecule has 3 aromatic rings. The van der Waals surface area contributed by atoms with Gasteiger partial charge in [0.1, 0.15) is 0 Å². The Labute approximate surface area is 173 Å². The number of benzene rings is 2. The number of hydrogen-bond donors (Lipinski definition) is 1. The molecule has 1 N–H and O–H groups in total. The summed E-state index contributed by atoms with van der Waals surface area (Å²) in [5, 5.41) is 3.44. The molecule has 1 aliphatic rings. The molecule has 140 valence electrons. The summed E-state index contributed by atoms with van der Waals surface area (Å²) in [6.45, 7) is 0. The largest absolute Gasteiger partial charge is 0.325 e. The van der Waals surface area contributed by atoms with E-state index in [1.165, 1.54) is 35.1 Å². The lowest BCUT2D eigenvalue weighted by Crippen LogP contribution is -2.24. The average Bonchev–Trinajstić information content (AvgIpc) is 3.18. The second-order valence-corrected chi connectivity index (χ2v) is 8.56. The molecule has 1 heterocycles. The van der Waals surface area contributed by atoms with Crippen molar-refractivity contribution in [3.8, 4) is 0 Å². The fourth-order valence-corrected chi connectivity index (χ4v) is 4.91. The second kappa shape index (κ2) is 7.86. The summed E-state index contributed by atoms with van der Waals surface area (Å²) in [6.07, 6.45) is 1.89. The van der Waals surface area contributed by atoms with E-state index in [-0.39, 0.29) is 28.8 Å². The zero-order valence-corrected chi connectivity index (χ0v) is 17.0. The summed E-state index contributed by atoms with van der Waals surface area (Å²) < 4.78 is 4.86. The molecule has 1 aromatic heterocycles. The monoisotopic (exact) mass is 427 g/mol. The lowest BCUT2D eigenvalue weighted by Gasteiger charge is -2.20. The standard InChI is InChI=1S/C19H13N3O3S3/c1-26-18-21-19(28-22-18)27-9-14(23)20-13-8-4-7-12-15(13)17(25)11-6-3-2-5-10(11)16(12)24/h2-8H,9H2,1H3,(H,20,23). The van der Waals surface area contributed by atoms with E-state index in [4.69, 9.17) is 0 Å².